The van der Waals surface area contributed by atoms with Crippen molar-refractivity contribution >= 4 is 27.6 Å². The Morgan fingerprint density at radius 2 is 2.14 bits per heavy atom. The number of carbonyl (C=O) groups is 1. The minimum atomic E-state index is -3.95. The van der Waals surface area contributed by atoms with Crippen LogP contribution in [0.3, 0.4) is 0 Å². The van der Waals surface area contributed by atoms with Crippen LogP contribution in [0.25, 0.3) is 0 Å². The smallest absolute Gasteiger partial charge is 0.322 e. The molecule has 2 rings (SSSR count). The Labute approximate surface area is 127 Å². The second kappa shape index (κ2) is 6.02. The molecule has 21 heavy (non-hydrogen) atoms. The number of nitriles is 1. The molecule has 1 heterocycles. The van der Waals surface area contributed by atoms with Gasteiger partial charge in [0.1, 0.15) is 12.1 Å². The summed E-state index contributed by atoms with van der Waals surface area (Å²) in [6.45, 7) is 0.164. The number of hydrogen-bond acceptors (Lipinski definition) is 4. The second-order valence-electron chi connectivity index (χ2n) is 4.72. The van der Waals surface area contributed by atoms with E-state index in [2.05, 4.69) is 0 Å². The molecule has 0 saturated carbocycles. The molecule has 1 fully saturated rings. The Morgan fingerprint density at radius 1 is 1.43 bits per heavy atom. The molecule has 0 bridgehead atoms. The SMILES string of the molecule is N#Cc1ccc(S(=O)(=O)N2CCCC[C@H]2C(=O)O)cc1Cl. The molecule has 1 atom stereocenters. The lowest BCUT2D eigenvalue weighted by Gasteiger charge is -2.31. The maximum atomic E-state index is 12.6. The van der Waals surface area contributed by atoms with Crippen molar-refractivity contribution in [3.05, 3.63) is 28.8 Å². The Morgan fingerprint density at radius 3 is 2.71 bits per heavy atom. The molecule has 1 aromatic carbocycles. The van der Waals surface area contributed by atoms with Crippen molar-refractivity contribution in [1.29, 1.82) is 5.26 Å². The first kappa shape index (κ1) is 15.8. The van der Waals surface area contributed by atoms with E-state index in [4.69, 9.17) is 16.9 Å². The van der Waals surface area contributed by atoms with Crippen LogP contribution in [0.4, 0.5) is 0 Å². The highest BCUT2D eigenvalue weighted by Gasteiger charge is 2.37. The fourth-order valence-corrected chi connectivity index (χ4v) is 4.29. The minimum absolute atomic E-state index is 0.0301. The quantitative estimate of drug-likeness (QED) is 0.912. The Hall–Kier alpha value is -1.62. The van der Waals surface area contributed by atoms with Crippen LogP contribution in [0.1, 0.15) is 24.8 Å². The number of benzene rings is 1. The van der Waals surface area contributed by atoms with Crippen molar-refractivity contribution in [2.75, 3.05) is 6.54 Å². The van der Waals surface area contributed by atoms with Gasteiger partial charge in [-0.15, -0.1) is 0 Å². The van der Waals surface area contributed by atoms with Crippen molar-refractivity contribution in [1.82, 2.24) is 4.31 Å². The van der Waals surface area contributed by atoms with E-state index in [1.54, 1.807) is 0 Å². The van der Waals surface area contributed by atoms with Gasteiger partial charge in [-0.3, -0.25) is 4.79 Å². The van der Waals surface area contributed by atoms with Crippen LogP contribution in [0.15, 0.2) is 23.1 Å². The molecule has 1 saturated heterocycles. The van der Waals surface area contributed by atoms with Gasteiger partial charge in [-0.25, -0.2) is 8.42 Å². The predicted octanol–water partition coefficient (Wildman–Crippen LogP) is 1.84. The van der Waals surface area contributed by atoms with E-state index in [1.165, 1.54) is 18.2 Å². The van der Waals surface area contributed by atoms with Gasteiger partial charge in [0.2, 0.25) is 10.0 Å². The highest BCUT2D eigenvalue weighted by molar-refractivity contribution is 7.89. The molecule has 0 spiro atoms. The highest BCUT2D eigenvalue weighted by atomic mass is 35.5. The lowest BCUT2D eigenvalue weighted by molar-refractivity contribution is -0.142. The largest absolute Gasteiger partial charge is 0.480 e. The molecular formula is C13H13ClN2O4S. The summed E-state index contributed by atoms with van der Waals surface area (Å²) in [5.41, 5.74) is 0.170. The summed E-state index contributed by atoms with van der Waals surface area (Å²) in [5.74, 6) is -1.15. The standard InChI is InChI=1S/C13H13ClN2O4S/c14-11-7-10(5-4-9(11)8-15)21(19,20)16-6-2-1-3-12(16)13(17)18/h4-5,7,12H,1-3,6H2,(H,17,18)/t12-/m0/s1. The van der Waals surface area contributed by atoms with Crippen LogP contribution in [0.2, 0.25) is 5.02 Å². The molecule has 0 aliphatic carbocycles. The zero-order valence-corrected chi connectivity index (χ0v) is 12.6. The molecular weight excluding hydrogens is 316 g/mol. The lowest BCUT2D eigenvalue weighted by atomic mass is 10.1. The van der Waals surface area contributed by atoms with Gasteiger partial charge >= 0.3 is 5.97 Å². The number of sulfonamides is 1. The fraction of sp³-hybridized carbons (Fsp3) is 0.385. The van der Waals surface area contributed by atoms with E-state index in [9.17, 15) is 18.3 Å². The summed E-state index contributed by atoms with van der Waals surface area (Å²) in [7, 11) is -3.95. The zero-order valence-electron chi connectivity index (χ0n) is 11.0. The number of rotatable bonds is 3. The lowest BCUT2D eigenvalue weighted by Crippen LogP contribution is -2.47. The molecule has 0 aromatic heterocycles. The normalized spacial score (nSPS) is 19.9. The van der Waals surface area contributed by atoms with Crippen LogP contribution in [-0.4, -0.2) is 36.4 Å². The predicted molar refractivity (Wildman–Crippen MR) is 75.3 cm³/mol. The first-order valence-electron chi connectivity index (χ1n) is 6.32. The van der Waals surface area contributed by atoms with E-state index >= 15 is 0 Å². The van der Waals surface area contributed by atoms with Crippen LogP contribution in [-0.2, 0) is 14.8 Å². The van der Waals surface area contributed by atoms with Crippen LogP contribution < -0.4 is 0 Å². The van der Waals surface area contributed by atoms with Gasteiger partial charge in [0, 0.05) is 6.54 Å². The monoisotopic (exact) mass is 328 g/mol. The van der Waals surface area contributed by atoms with E-state index < -0.39 is 22.0 Å². The summed E-state index contributed by atoms with van der Waals surface area (Å²) in [6.07, 6.45) is 1.59. The highest BCUT2D eigenvalue weighted by Crippen LogP contribution is 2.28. The van der Waals surface area contributed by atoms with E-state index in [0.717, 1.165) is 4.31 Å². The van der Waals surface area contributed by atoms with Crippen LogP contribution in [0, 0.1) is 11.3 Å². The number of hydrogen-bond donors (Lipinski definition) is 1. The fourth-order valence-electron chi connectivity index (χ4n) is 2.32. The summed E-state index contributed by atoms with van der Waals surface area (Å²) in [4.78, 5) is 11.1. The van der Waals surface area contributed by atoms with E-state index in [-0.39, 0.29) is 22.0 Å². The molecule has 0 amide bonds. The average Bonchev–Trinajstić information content (AvgIpc) is 2.47. The molecule has 6 nitrogen and oxygen atoms in total. The van der Waals surface area contributed by atoms with E-state index in [0.29, 0.717) is 19.3 Å². The molecule has 0 unspecified atom stereocenters. The molecule has 112 valence electrons. The van der Waals surface area contributed by atoms with E-state index in [1.807, 2.05) is 6.07 Å². The first-order chi connectivity index (χ1) is 9.87. The van der Waals surface area contributed by atoms with Crippen LogP contribution >= 0.6 is 11.6 Å². The summed E-state index contributed by atoms with van der Waals surface area (Å²) in [6, 6.07) is 4.56. The number of piperidine rings is 1. The number of carboxylic acids is 1. The Kier molecular flexibility index (Phi) is 4.52. The summed E-state index contributed by atoms with van der Waals surface area (Å²) < 4.78 is 26.1. The third kappa shape index (κ3) is 3.02. The number of nitrogens with zero attached hydrogens (tertiary/aromatic N) is 2. The molecule has 0 radical (unpaired) electrons. The summed E-state index contributed by atoms with van der Waals surface area (Å²) in [5, 5.41) is 18.0. The average molecular weight is 329 g/mol. The van der Waals surface area contributed by atoms with Crippen molar-refractivity contribution in [3.63, 3.8) is 0 Å². The topological polar surface area (TPSA) is 98.5 Å². The molecule has 1 aromatic rings. The van der Waals surface area contributed by atoms with Crippen LogP contribution in [0.5, 0.6) is 0 Å². The zero-order chi connectivity index (χ0) is 15.6. The third-order valence-electron chi connectivity index (χ3n) is 3.41. The Bertz CT molecular complexity index is 711. The second-order valence-corrected chi connectivity index (χ2v) is 7.02. The van der Waals surface area contributed by atoms with Gasteiger partial charge in [-0.1, -0.05) is 11.6 Å². The van der Waals surface area contributed by atoms with Gasteiger partial charge in [-0.2, -0.15) is 9.57 Å². The van der Waals surface area contributed by atoms with Crippen molar-refractivity contribution in [3.8, 4) is 6.07 Å². The maximum Gasteiger partial charge on any atom is 0.322 e. The third-order valence-corrected chi connectivity index (χ3v) is 5.62. The van der Waals surface area contributed by atoms with Crippen molar-refractivity contribution in [2.45, 2.75) is 30.2 Å². The van der Waals surface area contributed by atoms with Gasteiger partial charge in [-0.05, 0) is 37.5 Å². The molecule has 8 heteroatoms. The number of aliphatic carboxylic acids is 1. The number of halogens is 1. The Balaban J connectivity index is 2.43. The van der Waals surface area contributed by atoms with Gasteiger partial charge in [0.05, 0.1) is 15.5 Å². The summed E-state index contributed by atoms with van der Waals surface area (Å²) >= 11 is 5.85. The van der Waals surface area contributed by atoms with Gasteiger partial charge in [0.15, 0.2) is 0 Å². The van der Waals surface area contributed by atoms with Crippen molar-refractivity contribution < 1.29 is 18.3 Å². The molecule has 1 N–H and O–H groups in total. The minimum Gasteiger partial charge on any atom is -0.480 e. The molecule has 1 aliphatic rings. The maximum absolute atomic E-state index is 12.6. The first-order valence-corrected chi connectivity index (χ1v) is 8.14. The van der Waals surface area contributed by atoms with Gasteiger partial charge < -0.3 is 5.11 Å². The van der Waals surface area contributed by atoms with Gasteiger partial charge in [0.25, 0.3) is 0 Å². The number of carboxylic acid groups (broad SMARTS) is 1. The molecule has 1 aliphatic heterocycles. The van der Waals surface area contributed by atoms with Crippen molar-refractivity contribution in [2.24, 2.45) is 0 Å².